The molecule has 0 bridgehead atoms. The molecule has 0 aliphatic carbocycles. The zero-order chi connectivity index (χ0) is 14.8. The summed E-state index contributed by atoms with van der Waals surface area (Å²) < 4.78 is 11.2. The van der Waals surface area contributed by atoms with Crippen LogP contribution in [-0.4, -0.2) is 32.3 Å². The minimum Gasteiger partial charge on any atom is -0.497 e. The highest BCUT2D eigenvalue weighted by molar-refractivity contribution is 7.98. The van der Waals surface area contributed by atoms with Gasteiger partial charge in [-0.1, -0.05) is 13.0 Å². The van der Waals surface area contributed by atoms with Crippen molar-refractivity contribution in [2.75, 3.05) is 32.3 Å². The van der Waals surface area contributed by atoms with E-state index >= 15 is 0 Å². The number of nitrogens with one attached hydrogen (secondary N) is 1. The molecule has 0 amide bonds. The van der Waals surface area contributed by atoms with Gasteiger partial charge in [-0.25, -0.2) is 0 Å². The molecule has 0 aliphatic heterocycles. The molecule has 114 valence electrons. The van der Waals surface area contributed by atoms with Gasteiger partial charge in [-0.15, -0.1) is 0 Å². The van der Waals surface area contributed by atoms with Crippen LogP contribution in [0.3, 0.4) is 0 Å². The molecule has 0 saturated heterocycles. The van der Waals surface area contributed by atoms with E-state index in [1.54, 1.807) is 7.11 Å². The summed E-state index contributed by atoms with van der Waals surface area (Å²) in [6.07, 6.45) is 4.31. The van der Waals surface area contributed by atoms with E-state index in [0.717, 1.165) is 43.2 Å². The Labute approximate surface area is 127 Å². The van der Waals surface area contributed by atoms with Crippen LogP contribution in [0.1, 0.15) is 38.3 Å². The molecular weight excluding hydrogens is 270 g/mol. The van der Waals surface area contributed by atoms with Crippen LogP contribution < -0.4 is 14.8 Å². The molecule has 0 spiro atoms. The largest absolute Gasteiger partial charge is 0.497 e. The molecule has 20 heavy (non-hydrogen) atoms. The maximum Gasteiger partial charge on any atom is 0.127 e. The van der Waals surface area contributed by atoms with Crippen molar-refractivity contribution in [3.05, 3.63) is 23.8 Å². The van der Waals surface area contributed by atoms with E-state index in [4.69, 9.17) is 9.47 Å². The number of thioether (sulfide) groups is 1. The van der Waals surface area contributed by atoms with Crippen LogP contribution in [0.25, 0.3) is 0 Å². The van der Waals surface area contributed by atoms with Crippen molar-refractivity contribution in [2.45, 2.75) is 32.7 Å². The van der Waals surface area contributed by atoms with Crippen molar-refractivity contribution in [3.8, 4) is 11.5 Å². The highest BCUT2D eigenvalue weighted by Crippen LogP contribution is 2.29. The van der Waals surface area contributed by atoms with Crippen molar-refractivity contribution in [3.63, 3.8) is 0 Å². The third-order valence-corrected chi connectivity index (χ3v) is 3.84. The van der Waals surface area contributed by atoms with Gasteiger partial charge in [-0.05, 0) is 44.4 Å². The average Bonchev–Trinajstić information content (AvgIpc) is 2.49. The predicted molar refractivity (Wildman–Crippen MR) is 88.2 cm³/mol. The number of rotatable bonds is 10. The molecule has 1 aromatic rings. The number of benzene rings is 1. The third-order valence-electron chi connectivity index (χ3n) is 3.14. The molecule has 0 radical (unpaired) electrons. The quantitative estimate of drug-likeness (QED) is 0.664. The lowest BCUT2D eigenvalue weighted by atomic mass is 10.1. The lowest BCUT2D eigenvalue weighted by molar-refractivity contribution is 0.309. The number of hydrogen-bond acceptors (Lipinski definition) is 4. The molecule has 0 heterocycles. The van der Waals surface area contributed by atoms with Gasteiger partial charge in [-0.2, -0.15) is 11.8 Å². The van der Waals surface area contributed by atoms with Gasteiger partial charge in [0, 0.05) is 17.7 Å². The molecule has 0 fully saturated rings. The van der Waals surface area contributed by atoms with E-state index in [-0.39, 0.29) is 6.04 Å². The van der Waals surface area contributed by atoms with Crippen molar-refractivity contribution < 1.29 is 9.47 Å². The Bertz CT molecular complexity index is 385. The first kappa shape index (κ1) is 17.2. The molecule has 4 heteroatoms. The van der Waals surface area contributed by atoms with E-state index in [0.29, 0.717) is 0 Å². The molecule has 0 aromatic heterocycles. The summed E-state index contributed by atoms with van der Waals surface area (Å²) in [5, 5.41) is 3.50. The van der Waals surface area contributed by atoms with Gasteiger partial charge in [0.15, 0.2) is 0 Å². The monoisotopic (exact) mass is 297 g/mol. The lowest BCUT2D eigenvalue weighted by Crippen LogP contribution is -2.20. The summed E-state index contributed by atoms with van der Waals surface area (Å²) in [7, 11) is 1.69. The summed E-state index contributed by atoms with van der Waals surface area (Å²) >= 11 is 1.85. The Balaban J connectivity index is 2.74. The van der Waals surface area contributed by atoms with Gasteiger partial charge < -0.3 is 14.8 Å². The highest BCUT2D eigenvalue weighted by atomic mass is 32.2. The van der Waals surface area contributed by atoms with Crippen LogP contribution in [0.15, 0.2) is 18.2 Å². The fourth-order valence-electron chi connectivity index (χ4n) is 1.98. The summed E-state index contributed by atoms with van der Waals surface area (Å²) in [6, 6.07) is 6.36. The van der Waals surface area contributed by atoms with Crippen LogP contribution in [0, 0.1) is 0 Å². The normalized spacial score (nSPS) is 12.2. The van der Waals surface area contributed by atoms with Gasteiger partial charge in [0.05, 0.1) is 13.7 Å². The van der Waals surface area contributed by atoms with E-state index in [1.165, 1.54) is 5.56 Å². The second-order valence-electron chi connectivity index (χ2n) is 4.77. The van der Waals surface area contributed by atoms with E-state index in [2.05, 4.69) is 31.5 Å². The summed E-state index contributed by atoms with van der Waals surface area (Å²) in [5.74, 6) is 2.90. The summed E-state index contributed by atoms with van der Waals surface area (Å²) in [5.41, 5.74) is 1.20. The van der Waals surface area contributed by atoms with Crippen LogP contribution in [0.2, 0.25) is 0 Å². The average molecular weight is 297 g/mol. The number of hydrogen-bond donors (Lipinski definition) is 1. The molecule has 3 nitrogen and oxygen atoms in total. The fourth-order valence-corrected chi connectivity index (χ4v) is 2.39. The first-order chi connectivity index (χ1) is 9.72. The molecule has 1 aromatic carbocycles. The molecule has 0 saturated carbocycles. The van der Waals surface area contributed by atoms with Gasteiger partial charge in [0.2, 0.25) is 0 Å². The third kappa shape index (κ3) is 5.63. The van der Waals surface area contributed by atoms with Crippen molar-refractivity contribution in [1.29, 1.82) is 0 Å². The van der Waals surface area contributed by atoms with Crippen LogP contribution in [0.4, 0.5) is 0 Å². The van der Waals surface area contributed by atoms with Crippen molar-refractivity contribution in [1.82, 2.24) is 5.32 Å². The molecule has 1 rings (SSSR count). The molecule has 0 aliphatic rings. The first-order valence-electron chi connectivity index (χ1n) is 7.26. The summed E-state index contributed by atoms with van der Waals surface area (Å²) in [6.45, 7) is 6.11. The molecular formula is C16H27NO2S. The number of ether oxygens (including phenoxy) is 2. The maximum absolute atomic E-state index is 5.95. The zero-order valence-corrected chi connectivity index (χ0v) is 13.9. The molecule has 1 unspecified atom stereocenters. The fraction of sp³-hybridized carbons (Fsp3) is 0.625. The lowest BCUT2D eigenvalue weighted by Gasteiger charge is -2.19. The second kappa shape index (κ2) is 9.94. The minimum atomic E-state index is 0.288. The second-order valence-corrected chi connectivity index (χ2v) is 5.76. The standard InChI is InChI=1S/C16H27NO2S/c1-5-9-17-13(2)15-8-7-14(18-3)12-16(15)19-10-6-11-20-4/h7-8,12-13,17H,5-6,9-11H2,1-4H3. The highest BCUT2D eigenvalue weighted by Gasteiger charge is 2.12. The first-order valence-corrected chi connectivity index (χ1v) is 8.65. The Hall–Kier alpha value is -0.870. The van der Waals surface area contributed by atoms with E-state index in [1.807, 2.05) is 23.9 Å². The van der Waals surface area contributed by atoms with Gasteiger partial charge in [0.1, 0.15) is 11.5 Å². The predicted octanol–water partition coefficient (Wildman–Crippen LogP) is 3.89. The minimum absolute atomic E-state index is 0.288. The number of methoxy groups -OCH3 is 1. The Morgan fingerprint density at radius 1 is 1.35 bits per heavy atom. The Morgan fingerprint density at radius 3 is 2.80 bits per heavy atom. The summed E-state index contributed by atoms with van der Waals surface area (Å²) in [4.78, 5) is 0. The van der Waals surface area contributed by atoms with Crippen LogP contribution in [0.5, 0.6) is 11.5 Å². The Morgan fingerprint density at radius 2 is 2.15 bits per heavy atom. The zero-order valence-electron chi connectivity index (χ0n) is 13.1. The van der Waals surface area contributed by atoms with Gasteiger partial charge in [0.25, 0.3) is 0 Å². The van der Waals surface area contributed by atoms with Gasteiger partial charge in [-0.3, -0.25) is 0 Å². The topological polar surface area (TPSA) is 30.5 Å². The van der Waals surface area contributed by atoms with E-state index < -0.39 is 0 Å². The SMILES string of the molecule is CCCNC(C)c1ccc(OC)cc1OCCCSC. The Kier molecular flexibility index (Phi) is 8.54. The van der Waals surface area contributed by atoms with Crippen molar-refractivity contribution in [2.24, 2.45) is 0 Å². The maximum atomic E-state index is 5.95. The van der Waals surface area contributed by atoms with Crippen LogP contribution >= 0.6 is 11.8 Å². The molecule has 1 atom stereocenters. The smallest absolute Gasteiger partial charge is 0.127 e. The van der Waals surface area contributed by atoms with Crippen LogP contribution in [-0.2, 0) is 0 Å². The van der Waals surface area contributed by atoms with E-state index in [9.17, 15) is 0 Å². The van der Waals surface area contributed by atoms with Crippen molar-refractivity contribution >= 4 is 11.8 Å². The van der Waals surface area contributed by atoms with Gasteiger partial charge >= 0.3 is 0 Å². The molecule has 1 N–H and O–H groups in total.